The third-order valence-electron chi connectivity index (χ3n) is 3.62. The van der Waals surface area contributed by atoms with E-state index in [1.54, 1.807) is 12.1 Å². The van der Waals surface area contributed by atoms with E-state index in [0.29, 0.717) is 11.3 Å². The van der Waals surface area contributed by atoms with Gasteiger partial charge in [-0.15, -0.1) is 0 Å². The molecule has 7 heteroatoms. The van der Waals surface area contributed by atoms with Crippen LogP contribution in [0.1, 0.15) is 22.7 Å². The first-order valence-electron chi connectivity index (χ1n) is 6.88. The smallest absolute Gasteiger partial charge is 0.324 e. The minimum atomic E-state index is -4.24. The minimum absolute atomic E-state index is 0.195. The Balaban J connectivity index is 1.97. The lowest BCUT2D eigenvalue weighted by Crippen LogP contribution is -2.24. The molecule has 0 aromatic heterocycles. The predicted molar refractivity (Wildman–Crippen MR) is 85.2 cm³/mol. The standard InChI is InChI=1S/C16H14N2O4S/c1-10-2-4-11(5-3-10)14-15(18-16(19)17-14)12-6-8-13(9-7-12)23(20,21)22/h2-9,15H,1H3,(H,18,19)(H,20,21,22). The lowest BCUT2D eigenvalue weighted by molar-refractivity contribution is 0.250. The Hall–Kier alpha value is -2.51. The maximum absolute atomic E-state index is 11.7. The highest BCUT2D eigenvalue weighted by atomic mass is 32.2. The summed E-state index contributed by atoms with van der Waals surface area (Å²) in [6, 6.07) is 12.4. The molecule has 0 aliphatic carbocycles. The second-order valence-electron chi connectivity index (χ2n) is 5.29. The molecule has 6 nitrogen and oxygen atoms in total. The van der Waals surface area contributed by atoms with Crippen LogP contribution in [0.5, 0.6) is 0 Å². The lowest BCUT2D eigenvalue weighted by atomic mass is 9.97. The van der Waals surface area contributed by atoms with Crippen LogP contribution in [0.2, 0.25) is 0 Å². The Bertz CT molecular complexity index is 885. The Morgan fingerprint density at radius 2 is 1.65 bits per heavy atom. The molecular formula is C16H14N2O4S. The maximum atomic E-state index is 11.7. The summed E-state index contributed by atoms with van der Waals surface area (Å²) in [5, 5.41) is 2.74. The van der Waals surface area contributed by atoms with E-state index in [1.807, 2.05) is 31.2 Å². The van der Waals surface area contributed by atoms with E-state index in [0.717, 1.165) is 11.1 Å². The van der Waals surface area contributed by atoms with E-state index in [-0.39, 0.29) is 4.90 Å². The van der Waals surface area contributed by atoms with E-state index in [4.69, 9.17) is 4.55 Å². The van der Waals surface area contributed by atoms with Crippen LogP contribution in [-0.4, -0.2) is 24.7 Å². The molecule has 3 rings (SSSR count). The number of carbonyl (C=O) groups is 1. The van der Waals surface area contributed by atoms with Gasteiger partial charge in [-0.1, -0.05) is 42.0 Å². The Labute approximate surface area is 133 Å². The molecule has 23 heavy (non-hydrogen) atoms. The van der Waals surface area contributed by atoms with Gasteiger partial charge in [-0.3, -0.25) is 4.55 Å². The van der Waals surface area contributed by atoms with Crippen LogP contribution in [0.25, 0.3) is 0 Å². The van der Waals surface area contributed by atoms with Gasteiger partial charge in [0.2, 0.25) is 0 Å². The maximum Gasteiger partial charge on any atom is 0.342 e. The average molecular weight is 330 g/mol. The predicted octanol–water partition coefficient (Wildman–Crippen LogP) is 2.50. The van der Waals surface area contributed by atoms with Crippen molar-refractivity contribution in [1.82, 2.24) is 5.32 Å². The summed E-state index contributed by atoms with van der Waals surface area (Å²) >= 11 is 0. The fourth-order valence-corrected chi connectivity index (χ4v) is 2.91. The van der Waals surface area contributed by atoms with Gasteiger partial charge in [-0.05, 0) is 30.2 Å². The molecule has 2 aromatic carbocycles. The largest absolute Gasteiger partial charge is 0.342 e. The number of amides is 2. The van der Waals surface area contributed by atoms with Crippen molar-refractivity contribution in [2.24, 2.45) is 4.99 Å². The van der Waals surface area contributed by atoms with Crippen molar-refractivity contribution >= 4 is 21.9 Å². The van der Waals surface area contributed by atoms with Crippen molar-refractivity contribution in [3.63, 3.8) is 0 Å². The molecule has 1 unspecified atom stereocenters. The number of aliphatic imine (C=N–C) groups is 1. The molecule has 0 saturated carbocycles. The van der Waals surface area contributed by atoms with Crippen LogP contribution in [-0.2, 0) is 10.1 Å². The summed E-state index contributed by atoms with van der Waals surface area (Å²) in [6.07, 6.45) is 0. The van der Waals surface area contributed by atoms with Gasteiger partial charge >= 0.3 is 6.03 Å². The Morgan fingerprint density at radius 3 is 2.22 bits per heavy atom. The van der Waals surface area contributed by atoms with Crippen LogP contribution < -0.4 is 5.32 Å². The third kappa shape index (κ3) is 3.15. The highest BCUT2D eigenvalue weighted by Crippen LogP contribution is 2.25. The van der Waals surface area contributed by atoms with Gasteiger partial charge in [-0.2, -0.15) is 13.4 Å². The first-order valence-corrected chi connectivity index (χ1v) is 8.32. The third-order valence-corrected chi connectivity index (χ3v) is 4.49. The molecule has 1 atom stereocenters. The van der Waals surface area contributed by atoms with E-state index in [1.165, 1.54) is 12.1 Å². The van der Waals surface area contributed by atoms with E-state index in [9.17, 15) is 13.2 Å². The van der Waals surface area contributed by atoms with Gasteiger partial charge in [-0.25, -0.2) is 4.79 Å². The Morgan fingerprint density at radius 1 is 1.04 bits per heavy atom. The second-order valence-corrected chi connectivity index (χ2v) is 6.71. The number of benzene rings is 2. The molecule has 1 aliphatic heterocycles. The number of hydrogen-bond donors (Lipinski definition) is 2. The number of urea groups is 1. The number of aryl methyl sites for hydroxylation is 1. The van der Waals surface area contributed by atoms with E-state index >= 15 is 0 Å². The molecule has 0 saturated heterocycles. The van der Waals surface area contributed by atoms with Crippen LogP contribution in [0.3, 0.4) is 0 Å². The zero-order chi connectivity index (χ0) is 16.6. The fourth-order valence-electron chi connectivity index (χ4n) is 2.43. The van der Waals surface area contributed by atoms with Crippen molar-refractivity contribution in [2.75, 3.05) is 0 Å². The molecule has 0 spiro atoms. The number of hydrogen-bond acceptors (Lipinski definition) is 3. The quantitative estimate of drug-likeness (QED) is 0.845. The molecule has 0 fully saturated rings. The van der Waals surface area contributed by atoms with Gasteiger partial charge in [0, 0.05) is 0 Å². The van der Waals surface area contributed by atoms with E-state index in [2.05, 4.69) is 10.3 Å². The molecule has 2 amide bonds. The number of nitrogens with one attached hydrogen (secondary N) is 1. The van der Waals surface area contributed by atoms with Crippen molar-refractivity contribution in [3.05, 3.63) is 65.2 Å². The van der Waals surface area contributed by atoms with Gasteiger partial charge in [0.1, 0.15) is 0 Å². The molecule has 118 valence electrons. The Kier molecular flexibility index (Phi) is 3.75. The van der Waals surface area contributed by atoms with Gasteiger partial charge < -0.3 is 5.32 Å². The fraction of sp³-hybridized carbons (Fsp3) is 0.125. The topological polar surface area (TPSA) is 95.8 Å². The normalized spacial score (nSPS) is 17.7. The van der Waals surface area contributed by atoms with Gasteiger partial charge in [0.25, 0.3) is 10.1 Å². The SMILES string of the molecule is Cc1ccc(C2=NC(=O)NC2c2ccc(S(=O)(=O)O)cc2)cc1. The molecule has 1 heterocycles. The molecule has 2 aromatic rings. The van der Waals surface area contributed by atoms with Crippen LogP contribution in [0.4, 0.5) is 4.79 Å². The highest BCUT2D eigenvalue weighted by molar-refractivity contribution is 7.85. The van der Waals surface area contributed by atoms with Crippen LogP contribution >= 0.6 is 0 Å². The molecule has 1 aliphatic rings. The van der Waals surface area contributed by atoms with Crippen molar-refractivity contribution in [3.8, 4) is 0 Å². The van der Waals surface area contributed by atoms with Crippen LogP contribution in [0, 0.1) is 6.92 Å². The molecular weight excluding hydrogens is 316 g/mol. The molecule has 0 bridgehead atoms. The summed E-state index contributed by atoms with van der Waals surface area (Å²) in [5.74, 6) is 0. The minimum Gasteiger partial charge on any atom is -0.324 e. The van der Waals surface area contributed by atoms with Crippen molar-refractivity contribution in [1.29, 1.82) is 0 Å². The zero-order valence-electron chi connectivity index (χ0n) is 12.2. The number of nitrogens with zero attached hydrogens (tertiary/aromatic N) is 1. The summed E-state index contributed by atoms with van der Waals surface area (Å²) in [4.78, 5) is 15.5. The van der Waals surface area contributed by atoms with E-state index < -0.39 is 22.2 Å². The first-order chi connectivity index (χ1) is 10.8. The lowest BCUT2D eigenvalue weighted by Gasteiger charge is -2.14. The van der Waals surface area contributed by atoms with Crippen molar-refractivity contribution < 1.29 is 17.8 Å². The number of rotatable bonds is 3. The van der Waals surface area contributed by atoms with Crippen molar-refractivity contribution in [2.45, 2.75) is 17.9 Å². The summed E-state index contributed by atoms with van der Waals surface area (Å²) in [7, 11) is -4.24. The highest BCUT2D eigenvalue weighted by Gasteiger charge is 2.28. The van der Waals surface area contributed by atoms with Crippen LogP contribution in [0.15, 0.2) is 58.4 Å². The summed E-state index contributed by atoms with van der Waals surface area (Å²) in [6.45, 7) is 1.97. The van der Waals surface area contributed by atoms with Gasteiger partial charge in [0.05, 0.1) is 16.6 Å². The first kappa shape index (κ1) is 15.4. The molecule has 2 N–H and O–H groups in total. The average Bonchev–Trinajstić information content (AvgIpc) is 2.89. The van der Waals surface area contributed by atoms with Gasteiger partial charge in [0.15, 0.2) is 0 Å². The summed E-state index contributed by atoms with van der Waals surface area (Å²) in [5.41, 5.74) is 3.18. The number of carbonyl (C=O) groups excluding carboxylic acids is 1. The second kappa shape index (κ2) is 5.60. The molecule has 0 radical (unpaired) electrons. The summed E-state index contributed by atoms with van der Waals surface area (Å²) < 4.78 is 31.2. The zero-order valence-corrected chi connectivity index (χ0v) is 13.0. The monoisotopic (exact) mass is 330 g/mol.